The number of hydrogen-bond donors (Lipinski definition) is 1. The van der Waals surface area contributed by atoms with Crippen LogP contribution in [0.3, 0.4) is 0 Å². The Balaban J connectivity index is 0.00000400. The van der Waals surface area contributed by atoms with Crippen LogP contribution in [0.25, 0.3) is 0 Å². The van der Waals surface area contributed by atoms with Crippen molar-refractivity contribution in [1.29, 1.82) is 0 Å². The van der Waals surface area contributed by atoms with Crippen LogP contribution in [-0.4, -0.2) is 54.8 Å². The lowest BCUT2D eigenvalue weighted by Crippen LogP contribution is -2.39. The highest BCUT2D eigenvalue weighted by atomic mass is 35.5. The van der Waals surface area contributed by atoms with Crippen molar-refractivity contribution in [3.8, 4) is 0 Å². The first-order chi connectivity index (χ1) is 9.42. The SMILES string of the molecule is CCN(C)C(=O)c1cccc(C(=O)N(C)C(C)CN)c1.Cl. The molecular weight excluding hydrogens is 290 g/mol. The van der Waals surface area contributed by atoms with Gasteiger partial charge in [0, 0.05) is 44.4 Å². The molecule has 1 aromatic rings. The van der Waals surface area contributed by atoms with E-state index in [1.54, 1.807) is 48.2 Å². The Labute approximate surface area is 132 Å². The molecule has 1 rings (SSSR count). The van der Waals surface area contributed by atoms with Crippen LogP contribution in [0.5, 0.6) is 0 Å². The molecule has 2 N–H and O–H groups in total. The summed E-state index contributed by atoms with van der Waals surface area (Å²) in [5, 5.41) is 0. The predicted octanol–water partition coefficient (Wildman–Crippen LogP) is 1.62. The summed E-state index contributed by atoms with van der Waals surface area (Å²) in [4.78, 5) is 27.6. The van der Waals surface area contributed by atoms with Crippen LogP contribution < -0.4 is 5.73 Å². The van der Waals surface area contributed by atoms with E-state index in [-0.39, 0.29) is 30.3 Å². The summed E-state index contributed by atoms with van der Waals surface area (Å²) in [6, 6.07) is 6.75. The Morgan fingerprint density at radius 1 is 1.19 bits per heavy atom. The fourth-order valence-corrected chi connectivity index (χ4v) is 1.71. The maximum Gasteiger partial charge on any atom is 0.253 e. The zero-order chi connectivity index (χ0) is 15.3. The third-order valence-electron chi connectivity index (χ3n) is 3.50. The second-order valence-corrected chi connectivity index (χ2v) is 4.90. The molecule has 0 aliphatic heterocycles. The number of carbonyl (C=O) groups is 2. The Bertz CT molecular complexity index is 494. The first-order valence-corrected chi connectivity index (χ1v) is 6.75. The van der Waals surface area contributed by atoms with E-state index in [1.165, 1.54) is 0 Å². The van der Waals surface area contributed by atoms with Gasteiger partial charge in [-0.25, -0.2) is 0 Å². The largest absolute Gasteiger partial charge is 0.342 e. The number of benzene rings is 1. The van der Waals surface area contributed by atoms with Crippen LogP contribution in [0.4, 0.5) is 0 Å². The third-order valence-corrected chi connectivity index (χ3v) is 3.50. The second-order valence-electron chi connectivity index (χ2n) is 4.90. The first kappa shape index (κ1) is 19.4. The van der Waals surface area contributed by atoms with Crippen molar-refractivity contribution in [1.82, 2.24) is 9.80 Å². The van der Waals surface area contributed by atoms with Gasteiger partial charge in [-0.1, -0.05) is 6.07 Å². The van der Waals surface area contributed by atoms with Gasteiger partial charge in [-0.15, -0.1) is 12.4 Å². The molecule has 0 radical (unpaired) electrons. The van der Waals surface area contributed by atoms with Gasteiger partial charge >= 0.3 is 0 Å². The number of nitrogens with two attached hydrogens (primary N) is 1. The molecule has 0 aromatic heterocycles. The Morgan fingerprint density at radius 2 is 1.71 bits per heavy atom. The molecule has 21 heavy (non-hydrogen) atoms. The molecule has 0 spiro atoms. The van der Waals surface area contributed by atoms with Crippen LogP contribution in [0.2, 0.25) is 0 Å². The van der Waals surface area contributed by atoms with E-state index in [0.29, 0.717) is 24.2 Å². The van der Waals surface area contributed by atoms with Gasteiger partial charge in [0.25, 0.3) is 11.8 Å². The normalized spacial score (nSPS) is 11.3. The molecule has 0 fully saturated rings. The third kappa shape index (κ3) is 4.72. The fraction of sp³-hybridized carbons (Fsp3) is 0.467. The topological polar surface area (TPSA) is 66.6 Å². The van der Waals surface area contributed by atoms with Crippen molar-refractivity contribution in [3.63, 3.8) is 0 Å². The van der Waals surface area contributed by atoms with Gasteiger partial charge in [-0.05, 0) is 32.0 Å². The molecular formula is C15H24ClN3O2. The summed E-state index contributed by atoms with van der Waals surface area (Å²) >= 11 is 0. The fourth-order valence-electron chi connectivity index (χ4n) is 1.71. The molecule has 0 saturated carbocycles. The minimum atomic E-state index is -0.128. The molecule has 1 atom stereocenters. The van der Waals surface area contributed by atoms with Crippen molar-refractivity contribution >= 4 is 24.2 Å². The lowest BCUT2D eigenvalue weighted by atomic mass is 10.1. The smallest absolute Gasteiger partial charge is 0.253 e. The Morgan fingerprint density at radius 3 is 2.19 bits per heavy atom. The summed E-state index contributed by atoms with van der Waals surface area (Å²) in [7, 11) is 3.45. The molecule has 1 unspecified atom stereocenters. The highest BCUT2D eigenvalue weighted by Gasteiger charge is 2.18. The zero-order valence-corrected chi connectivity index (χ0v) is 13.8. The standard InChI is InChI=1S/C15H23N3O2.ClH/c1-5-17(3)14(19)12-7-6-8-13(9-12)15(20)18(4)11(2)10-16;/h6-9,11H,5,10,16H2,1-4H3;1H. The minimum absolute atomic E-state index is 0. The van der Waals surface area contributed by atoms with Crippen LogP contribution in [-0.2, 0) is 0 Å². The number of amides is 2. The van der Waals surface area contributed by atoms with Crippen LogP contribution in [0, 0.1) is 0 Å². The number of halogens is 1. The Kier molecular flexibility index (Phi) is 7.99. The number of hydrogen-bond acceptors (Lipinski definition) is 3. The van der Waals surface area contributed by atoms with Gasteiger partial charge in [0.2, 0.25) is 0 Å². The maximum absolute atomic E-state index is 12.3. The molecule has 2 amide bonds. The van der Waals surface area contributed by atoms with E-state index < -0.39 is 0 Å². The van der Waals surface area contributed by atoms with E-state index in [9.17, 15) is 9.59 Å². The summed E-state index contributed by atoms with van der Waals surface area (Å²) in [5.74, 6) is -0.214. The zero-order valence-electron chi connectivity index (χ0n) is 13.0. The molecule has 0 saturated heterocycles. The quantitative estimate of drug-likeness (QED) is 0.898. The molecule has 0 aliphatic carbocycles. The molecule has 0 bridgehead atoms. The van der Waals surface area contributed by atoms with Crippen LogP contribution in [0.1, 0.15) is 34.6 Å². The van der Waals surface area contributed by atoms with Crippen molar-refractivity contribution < 1.29 is 9.59 Å². The summed E-state index contributed by atoms with van der Waals surface area (Å²) in [5.41, 5.74) is 6.60. The van der Waals surface area contributed by atoms with Crippen molar-refractivity contribution in [2.24, 2.45) is 5.73 Å². The molecule has 0 aliphatic rings. The average Bonchev–Trinajstić information content (AvgIpc) is 2.51. The number of likely N-dealkylation sites (N-methyl/N-ethyl adjacent to an activating group) is 1. The molecule has 0 heterocycles. The summed E-state index contributed by atoms with van der Waals surface area (Å²) in [6.07, 6.45) is 0. The average molecular weight is 314 g/mol. The summed E-state index contributed by atoms with van der Waals surface area (Å²) in [6.45, 7) is 4.82. The van der Waals surface area contributed by atoms with E-state index in [1.807, 2.05) is 13.8 Å². The first-order valence-electron chi connectivity index (χ1n) is 6.75. The van der Waals surface area contributed by atoms with E-state index in [4.69, 9.17) is 5.73 Å². The van der Waals surface area contributed by atoms with Crippen LogP contribution in [0.15, 0.2) is 24.3 Å². The number of nitrogens with zero attached hydrogens (tertiary/aromatic N) is 2. The Hall–Kier alpha value is -1.59. The van der Waals surface area contributed by atoms with E-state index in [0.717, 1.165) is 0 Å². The number of carbonyl (C=O) groups excluding carboxylic acids is 2. The number of rotatable bonds is 5. The van der Waals surface area contributed by atoms with Gasteiger partial charge < -0.3 is 15.5 Å². The maximum atomic E-state index is 12.3. The highest BCUT2D eigenvalue weighted by Crippen LogP contribution is 2.11. The monoisotopic (exact) mass is 313 g/mol. The van der Waals surface area contributed by atoms with E-state index >= 15 is 0 Å². The van der Waals surface area contributed by atoms with Crippen LogP contribution >= 0.6 is 12.4 Å². The molecule has 5 nitrogen and oxygen atoms in total. The highest BCUT2D eigenvalue weighted by molar-refractivity contribution is 5.99. The van der Waals surface area contributed by atoms with Gasteiger partial charge in [-0.2, -0.15) is 0 Å². The van der Waals surface area contributed by atoms with Crippen molar-refractivity contribution in [2.75, 3.05) is 27.2 Å². The molecule has 6 heteroatoms. The predicted molar refractivity (Wildman–Crippen MR) is 86.9 cm³/mol. The van der Waals surface area contributed by atoms with Gasteiger partial charge in [0.05, 0.1) is 0 Å². The van der Waals surface area contributed by atoms with Gasteiger partial charge in [0.1, 0.15) is 0 Å². The van der Waals surface area contributed by atoms with Gasteiger partial charge in [-0.3, -0.25) is 9.59 Å². The molecule has 118 valence electrons. The van der Waals surface area contributed by atoms with E-state index in [2.05, 4.69) is 0 Å². The van der Waals surface area contributed by atoms with Crippen molar-refractivity contribution in [3.05, 3.63) is 35.4 Å². The lowest BCUT2D eigenvalue weighted by Gasteiger charge is -2.24. The summed E-state index contributed by atoms with van der Waals surface area (Å²) < 4.78 is 0. The second kappa shape index (κ2) is 8.64. The molecule has 1 aromatic carbocycles. The van der Waals surface area contributed by atoms with Crippen molar-refractivity contribution in [2.45, 2.75) is 19.9 Å². The lowest BCUT2D eigenvalue weighted by molar-refractivity contribution is 0.0748. The van der Waals surface area contributed by atoms with Gasteiger partial charge in [0.15, 0.2) is 0 Å². The minimum Gasteiger partial charge on any atom is -0.342 e.